The summed E-state index contributed by atoms with van der Waals surface area (Å²) in [6.07, 6.45) is 0. The fraction of sp³-hybridized carbons (Fsp3) is 0.250. The Bertz CT molecular complexity index is 597. The van der Waals surface area contributed by atoms with Crippen molar-refractivity contribution in [3.05, 3.63) is 53.8 Å². The third kappa shape index (κ3) is 3.27. The summed E-state index contributed by atoms with van der Waals surface area (Å²) in [4.78, 5) is 1.99. The van der Waals surface area contributed by atoms with Gasteiger partial charge in [-0.05, 0) is 37.3 Å². The van der Waals surface area contributed by atoms with Crippen molar-refractivity contribution >= 4 is 5.69 Å². The van der Waals surface area contributed by atoms with Crippen molar-refractivity contribution in [3.8, 4) is 11.5 Å². The van der Waals surface area contributed by atoms with Crippen LogP contribution < -0.4 is 15.4 Å². The maximum absolute atomic E-state index is 13.3. The van der Waals surface area contributed by atoms with E-state index >= 15 is 0 Å². The van der Waals surface area contributed by atoms with Crippen LogP contribution in [0.1, 0.15) is 18.5 Å². The van der Waals surface area contributed by atoms with Gasteiger partial charge in [0.1, 0.15) is 17.3 Å². The summed E-state index contributed by atoms with van der Waals surface area (Å²) in [5, 5.41) is 0. The molecule has 0 radical (unpaired) electrons. The molecule has 106 valence electrons. The van der Waals surface area contributed by atoms with E-state index in [1.54, 1.807) is 13.0 Å². The normalized spacial score (nSPS) is 12.1. The average Bonchev–Trinajstić information content (AvgIpc) is 2.41. The molecule has 4 heteroatoms. The Morgan fingerprint density at radius 3 is 2.55 bits per heavy atom. The quantitative estimate of drug-likeness (QED) is 0.923. The third-order valence-electron chi connectivity index (χ3n) is 3.02. The summed E-state index contributed by atoms with van der Waals surface area (Å²) in [7, 11) is 3.93. The standard InChI is InChI=1S/C16H19FN2O/c1-11(18)15-9-12(17)7-8-16(15)20-14-6-4-5-13(10-14)19(2)3/h4-11H,18H2,1-3H3/t11-/m1/s1. The minimum atomic E-state index is -0.313. The molecule has 2 N–H and O–H groups in total. The minimum absolute atomic E-state index is 0.294. The predicted octanol–water partition coefficient (Wildman–Crippen LogP) is 3.70. The van der Waals surface area contributed by atoms with Gasteiger partial charge in [0.15, 0.2) is 0 Å². The fourth-order valence-corrected chi connectivity index (χ4v) is 1.92. The van der Waals surface area contributed by atoms with Gasteiger partial charge >= 0.3 is 0 Å². The van der Waals surface area contributed by atoms with E-state index in [4.69, 9.17) is 10.5 Å². The van der Waals surface area contributed by atoms with Gasteiger partial charge in [-0.2, -0.15) is 0 Å². The van der Waals surface area contributed by atoms with Crippen molar-refractivity contribution in [1.82, 2.24) is 0 Å². The van der Waals surface area contributed by atoms with E-state index in [1.165, 1.54) is 12.1 Å². The van der Waals surface area contributed by atoms with Gasteiger partial charge in [-0.15, -0.1) is 0 Å². The molecule has 0 aromatic heterocycles. The van der Waals surface area contributed by atoms with E-state index in [0.717, 1.165) is 5.69 Å². The first-order chi connectivity index (χ1) is 9.47. The molecular formula is C16H19FN2O. The summed E-state index contributed by atoms with van der Waals surface area (Å²) in [6.45, 7) is 1.80. The summed E-state index contributed by atoms with van der Waals surface area (Å²) in [6, 6.07) is 11.8. The van der Waals surface area contributed by atoms with Crippen LogP contribution in [-0.2, 0) is 0 Å². The molecular weight excluding hydrogens is 255 g/mol. The molecule has 0 heterocycles. The highest BCUT2D eigenvalue weighted by Gasteiger charge is 2.11. The molecule has 0 unspecified atom stereocenters. The number of anilines is 1. The number of nitrogens with two attached hydrogens (primary N) is 1. The second kappa shape index (κ2) is 5.92. The molecule has 2 rings (SSSR count). The lowest BCUT2D eigenvalue weighted by Gasteiger charge is -2.16. The summed E-state index contributed by atoms with van der Waals surface area (Å²) >= 11 is 0. The number of halogens is 1. The fourth-order valence-electron chi connectivity index (χ4n) is 1.92. The van der Waals surface area contributed by atoms with Crippen molar-refractivity contribution in [2.75, 3.05) is 19.0 Å². The molecule has 0 amide bonds. The van der Waals surface area contributed by atoms with Crippen molar-refractivity contribution in [1.29, 1.82) is 0 Å². The molecule has 0 spiro atoms. The van der Waals surface area contributed by atoms with E-state index in [-0.39, 0.29) is 11.9 Å². The lowest BCUT2D eigenvalue weighted by molar-refractivity contribution is 0.469. The molecule has 2 aromatic carbocycles. The molecule has 0 saturated heterocycles. The zero-order valence-electron chi connectivity index (χ0n) is 11.9. The van der Waals surface area contributed by atoms with Gasteiger partial charge in [0.05, 0.1) is 0 Å². The van der Waals surface area contributed by atoms with E-state index in [2.05, 4.69) is 0 Å². The first-order valence-corrected chi connectivity index (χ1v) is 6.47. The van der Waals surface area contributed by atoms with Gasteiger partial charge in [-0.1, -0.05) is 6.07 Å². The van der Waals surface area contributed by atoms with Gasteiger partial charge < -0.3 is 15.4 Å². The first-order valence-electron chi connectivity index (χ1n) is 6.47. The number of benzene rings is 2. The molecule has 1 atom stereocenters. The van der Waals surface area contributed by atoms with Crippen molar-refractivity contribution in [3.63, 3.8) is 0 Å². The van der Waals surface area contributed by atoms with Crippen LogP contribution in [0.25, 0.3) is 0 Å². The Kier molecular flexibility index (Phi) is 4.25. The zero-order chi connectivity index (χ0) is 14.7. The first kappa shape index (κ1) is 14.3. The molecule has 0 bridgehead atoms. The summed E-state index contributed by atoms with van der Waals surface area (Å²) in [5.41, 5.74) is 7.55. The summed E-state index contributed by atoms with van der Waals surface area (Å²) in [5.74, 6) is 0.966. The lowest BCUT2D eigenvalue weighted by Crippen LogP contribution is -2.09. The Hall–Kier alpha value is -2.07. The molecule has 0 fully saturated rings. The predicted molar refractivity (Wildman–Crippen MR) is 79.8 cm³/mol. The van der Waals surface area contributed by atoms with Gasteiger partial charge in [0.25, 0.3) is 0 Å². The third-order valence-corrected chi connectivity index (χ3v) is 3.02. The highest BCUT2D eigenvalue weighted by atomic mass is 19.1. The van der Waals surface area contributed by atoms with Crippen molar-refractivity contribution in [2.24, 2.45) is 5.73 Å². The van der Waals surface area contributed by atoms with E-state index < -0.39 is 0 Å². The lowest BCUT2D eigenvalue weighted by atomic mass is 10.1. The molecule has 0 aliphatic rings. The van der Waals surface area contributed by atoms with Crippen LogP contribution in [0.4, 0.5) is 10.1 Å². The Balaban J connectivity index is 2.32. The van der Waals surface area contributed by atoms with Gasteiger partial charge in [0.2, 0.25) is 0 Å². The highest BCUT2D eigenvalue weighted by Crippen LogP contribution is 2.30. The molecule has 2 aromatic rings. The minimum Gasteiger partial charge on any atom is -0.457 e. The molecule has 0 aliphatic heterocycles. The van der Waals surface area contributed by atoms with E-state index in [1.807, 2.05) is 43.3 Å². The Morgan fingerprint density at radius 2 is 1.90 bits per heavy atom. The van der Waals surface area contributed by atoms with Crippen molar-refractivity contribution in [2.45, 2.75) is 13.0 Å². The number of ether oxygens (including phenoxy) is 1. The zero-order valence-corrected chi connectivity index (χ0v) is 11.9. The molecule has 3 nitrogen and oxygen atoms in total. The van der Waals surface area contributed by atoms with Crippen LogP contribution >= 0.6 is 0 Å². The van der Waals surface area contributed by atoms with E-state index in [9.17, 15) is 4.39 Å². The van der Waals surface area contributed by atoms with Crippen LogP contribution in [0.15, 0.2) is 42.5 Å². The highest BCUT2D eigenvalue weighted by molar-refractivity contribution is 5.51. The number of rotatable bonds is 4. The molecule has 0 saturated carbocycles. The number of nitrogens with zero attached hydrogens (tertiary/aromatic N) is 1. The largest absolute Gasteiger partial charge is 0.457 e. The second-order valence-electron chi connectivity index (χ2n) is 4.96. The van der Waals surface area contributed by atoms with Gasteiger partial charge in [-0.25, -0.2) is 4.39 Å². The second-order valence-corrected chi connectivity index (χ2v) is 4.96. The topological polar surface area (TPSA) is 38.5 Å². The van der Waals surface area contributed by atoms with Crippen LogP contribution in [0.3, 0.4) is 0 Å². The van der Waals surface area contributed by atoms with Gasteiger partial charge in [0, 0.05) is 37.5 Å². The van der Waals surface area contributed by atoms with Gasteiger partial charge in [-0.3, -0.25) is 0 Å². The summed E-state index contributed by atoms with van der Waals surface area (Å²) < 4.78 is 19.1. The Morgan fingerprint density at radius 1 is 1.15 bits per heavy atom. The average molecular weight is 274 g/mol. The van der Waals surface area contributed by atoms with Crippen LogP contribution in [0.5, 0.6) is 11.5 Å². The van der Waals surface area contributed by atoms with Crippen LogP contribution in [-0.4, -0.2) is 14.1 Å². The maximum Gasteiger partial charge on any atom is 0.132 e. The number of hydrogen-bond donors (Lipinski definition) is 1. The SMILES string of the molecule is C[C@@H](N)c1cc(F)ccc1Oc1cccc(N(C)C)c1. The Labute approximate surface area is 118 Å². The van der Waals surface area contributed by atoms with E-state index in [0.29, 0.717) is 17.1 Å². The maximum atomic E-state index is 13.3. The van der Waals surface area contributed by atoms with Crippen molar-refractivity contribution < 1.29 is 9.13 Å². The van der Waals surface area contributed by atoms with Crippen LogP contribution in [0, 0.1) is 5.82 Å². The molecule has 20 heavy (non-hydrogen) atoms. The smallest absolute Gasteiger partial charge is 0.132 e. The number of hydrogen-bond acceptors (Lipinski definition) is 3. The van der Waals surface area contributed by atoms with Crippen LogP contribution in [0.2, 0.25) is 0 Å². The monoisotopic (exact) mass is 274 g/mol. The molecule has 0 aliphatic carbocycles.